The molecule has 0 aliphatic carbocycles. The molecule has 1 rings (SSSR count). The van der Waals surface area contributed by atoms with Gasteiger partial charge in [0.2, 0.25) is 0 Å². The fraction of sp³-hybridized carbons (Fsp3) is 1.00. The summed E-state index contributed by atoms with van der Waals surface area (Å²) >= 11 is 0. The first-order valence-electron chi connectivity index (χ1n) is 10.8. The van der Waals surface area contributed by atoms with Gasteiger partial charge in [0.25, 0.3) is 0 Å². The van der Waals surface area contributed by atoms with E-state index in [0.29, 0.717) is 6.10 Å². The van der Waals surface area contributed by atoms with Crippen LogP contribution in [0.15, 0.2) is 0 Å². The van der Waals surface area contributed by atoms with Crippen LogP contribution in [0.25, 0.3) is 0 Å². The van der Waals surface area contributed by atoms with Crippen molar-refractivity contribution >= 4 is 0 Å². The summed E-state index contributed by atoms with van der Waals surface area (Å²) < 4.78 is 5.88. The molecule has 1 fully saturated rings. The van der Waals surface area contributed by atoms with Gasteiger partial charge in [-0.3, -0.25) is 0 Å². The predicted octanol–water partition coefficient (Wildman–Crippen LogP) is 7.53. The smallest absolute Gasteiger partial charge is 0.0577 e. The van der Waals surface area contributed by atoms with E-state index >= 15 is 0 Å². The van der Waals surface area contributed by atoms with Crippen molar-refractivity contribution < 1.29 is 4.74 Å². The molecule has 1 heterocycles. The molecule has 1 saturated heterocycles. The van der Waals surface area contributed by atoms with Crippen molar-refractivity contribution in [3.63, 3.8) is 0 Å². The Kier molecular flexibility index (Phi) is 13.1. The Morgan fingerprint density at radius 1 is 0.783 bits per heavy atom. The van der Waals surface area contributed by atoms with Crippen molar-refractivity contribution in [1.29, 1.82) is 0 Å². The normalized spacial score (nSPS) is 21.3. The van der Waals surface area contributed by atoms with Gasteiger partial charge >= 0.3 is 0 Å². The van der Waals surface area contributed by atoms with Crippen LogP contribution in [0.5, 0.6) is 0 Å². The lowest BCUT2D eigenvalue weighted by molar-refractivity contribution is 0.00202. The zero-order valence-electron chi connectivity index (χ0n) is 16.5. The molecule has 1 aliphatic rings. The molecule has 1 aliphatic heterocycles. The van der Waals surface area contributed by atoms with Gasteiger partial charge in [0, 0.05) is 6.61 Å². The Labute approximate surface area is 147 Å². The maximum Gasteiger partial charge on any atom is 0.0577 e. The molecule has 0 saturated carbocycles. The minimum Gasteiger partial charge on any atom is -0.378 e. The van der Waals surface area contributed by atoms with Gasteiger partial charge in [-0.05, 0) is 37.5 Å². The Morgan fingerprint density at radius 2 is 1.43 bits per heavy atom. The number of rotatable bonds is 14. The van der Waals surface area contributed by atoms with Gasteiger partial charge in [-0.2, -0.15) is 0 Å². The van der Waals surface area contributed by atoms with E-state index in [1.807, 2.05) is 0 Å². The summed E-state index contributed by atoms with van der Waals surface area (Å²) in [5.41, 5.74) is 0. The summed E-state index contributed by atoms with van der Waals surface area (Å²) in [5, 5.41) is 0. The van der Waals surface area contributed by atoms with Crippen molar-refractivity contribution in [2.75, 3.05) is 6.61 Å². The highest BCUT2D eigenvalue weighted by atomic mass is 16.5. The van der Waals surface area contributed by atoms with Crippen LogP contribution in [0.3, 0.4) is 0 Å². The van der Waals surface area contributed by atoms with Gasteiger partial charge in [0.15, 0.2) is 0 Å². The zero-order valence-corrected chi connectivity index (χ0v) is 16.5. The monoisotopic (exact) mass is 324 g/mol. The second-order valence-electron chi connectivity index (χ2n) is 8.28. The Morgan fingerprint density at radius 3 is 2.13 bits per heavy atom. The van der Waals surface area contributed by atoms with Crippen molar-refractivity contribution in [2.45, 2.75) is 123 Å². The second kappa shape index (κ2) is 14.3. The van der Waals surface area contributed by atoms with E-state index in [0.717, 1.165) is 18.4 Å². The van der Waals surface area contributed by atoms with Gasteiger partial charge in [-0.15, -0.1) is 0 Å². The lowest BCUT2D eigenvalue weighted by atomic mass is 9.91. The molecule has 1 heteroatoms. The van der Waals surface area contributed by atoms with Gasteiger partial charge in [0.05, 0.1) is 6.10 Å². The third-order valence-electron chi connectivity index (χ3n) is 5.63. The van der Waals surface area contributed by atoms with E-state index in [4.69, 9.17) is 4.74 Å². The molecule has 138 valence electrons. The quantitative estimate of drug-likeness (QED) is 0.300. The Hall–Kier alpha value is -0.0400. The minimum absolute atomic E-state index is 0.573. The molecule has 0 bridgehead atoms. The van der Waals surface area contributed by atoms with E-state index in [1.165, 1.54) is 96.3 Å². The van der Waals surface area contributed by atoms with Crippen molar-refractivity contribution in [1.82, 2.24) is 0 Å². The van der Waals surface area contributed by atoms with Crippen LogP contribution in [-0.2, 0) is 4.74 Å². The molecule has 0 radical (unpaired) electrons. The van der Waals surface area contributed by atoms with E-state index < -0.39 is 0 Å². The Bertz CT molecular complexity index is 244. The molecular formula is C22H44O. The predicted molar refractivity (Wildman–Crippen MR) is 103 cm³/mol. The number of ether oxygens (including phenoxy) is 1. The summed E-state index contributed by atoms with van der Waals surface area (Å²) in [6.07, 6.45) is 21.6. The van der Waals surface area contributed by atoms with Gasteiger partial charge < -0.3 is 4.74 Å². The van der Waals surface area contributed by atoms with Crippen LogP contribution < -0.4 is 0 Å². The highest BCUT2D eigenvalue weighted by molar-refractivity contribution is 4.68. The summed E-state index contributed by atoms with van der Waals surface area (Å²) in [7, 11) is 0. The lowest BCUT2D eigenvalue weighted by Gasteiger charge is -2.25. The average molecular weight is 325 g/mol. The Balaban J connectivity index is 1.89. The maximum atomic E-state index is 5.88. The summed E-state index contributed by atoms with van der Waals surface area (Å²) in [6.45, 7) is 8.20. The molecule has 0 N–H and O–H groups in total. The molecule has 0 aromatic heterocycles. The van der Waals surface area contributed by atoms with Crippen LogP contribution in [-0.4, -0.2) is 12.7 Å². The summed E-state index contributed by atoms with van der Waals surface area (Å²) in [6, 6.07) is 0. The molecular weight excluding hydrogens is 280 g/mol. The standard InChI is InChI=1S/C22H44O/c1-4-5-6-7-8-9-10-14-20(2)15-13-16-21(3)19-22-17-11-12-18-23-22/h20-22H,4-19H2,1-3H3/t20-,21+,22?/m1/s1. The highest BCUT2D eigenvalue weighted by Gasteiger charge is 2.16. The van der Waals surface area contributed by atoms with Crippen LogP contribution >= 0.6 is 0 Å². The van der Waals surface area contributed by atoms with E-state index in [2.05, 4.69) is 20.8 Å². The van der Waals surface area contributed by atoms with Crippen molar-refractivity contribution in [3.05, 3.63) is 0 Å². The highest BCUT2D eigenvalue weighted by Crippen LogP contribution is 2.24. The summed E-state index contributed by atoms with van der Waals surface area (Å²) in [4.78, 5) is 0. The molecule has 23 heavy (non-hydrogen) atoms. The van der Waals surface area contributed by atoms with Crippen LogP contribution in [0, 0.1) is 11.8 Å². The molecule has 1 nitrogen and oxygen atoms in total. The maximum absolute atomic E-state index is 5.88. The van der Waals surface area contributed by atoms with Gasteiger partial charge in [-0.1, -0.05) is 91.4 Å². The molecule has 0 aromatic carbocycles. The molecule has 0 spiro atoms. The first-order valence-corrected chi connectivity index (χ1v) is 10.8. The first kappa shape index (κ1) is 21.0. The average Bonchev–Trinajstić information content (AvgIpc) is 2.55. The van der Waals surface area contributed by atoms with Gasteiger partial charge in [0.1, 0.15) is 0 Å². The molecule has 0 amide bonds. The fourth-order valence-corrected chi connectivity index (χ4v) is 3.97. The van der Waals surface area contributed by atoms with Crippen molar-refractivity contribution in [3.8, 4) is 0 Å². The topological polar surface area (TPSA) is 9.23 Å². The molecule has 1 unspecified atom stereocenters. The van der Waals surface area contributed by atoms with Crippen LogP contribution in [0.4, 0.5) is 0 Å². The number of unbranched alkanes of at least 4 members (excludes halogenated alkanes) is 6. The minimum atomic E-state index is 0.573. The molecule has 3 atom stereocenters. The largest absolute Gasteiger partial charge is 0.378 e. The zero-order chi connectivity index (χ0) is 16.8. The summed E-state index contributed by atoms with van der Waals surface area (Å²) in [5.74, 6) is 1.78. The second-order valence-corrected chi connectivity index (χ2v) is 8.28. The third kappa shape index (κ3) is 12.0. The third-order valence-corrected chi connectivity index (χ3v) is 5.63. The van der Waals surface area contributed by atoms with Gasteiger partial charge in [-0.25, -0.2) is 0 Å². The van der Waals surface area contributed by atoms with E-state index in [-0.39, 0.29) is 0 Å². The fourth-order valence-electron chi connectivity index (χ4n) is 3.97. The van der Waals surface area contributed by atoms with E-state index in [1.54, 1.807) is 0 Å². The number of hydrogen-bond donors (Lipinski definition) is 0. The SMILES string of the molecule is CCCCCCCCC[C@@H](C)CCC[C@H](C)CC1CCCCO1. The van der Waals surface area contributed by atoms with Crippen molar-refractivity contribution in [2.24, 2.45) is 11.8 Å². The molecule has 0 aromatic rings. The first-order chi connectivity index (χ1) is 11.2. The van der Waals surface area contributed by atoms with Crippen LogP contribution in [0.2, 0.25) is 0 Å². The van der Waals surface area contributed by atoms with Crippen LogP contribution in [0.1, 0.15) is 117 Å². The lowest BCUT2D eigenvalue weighted by Crippen LogP contribution is -2.21. The number of hydrogen-bond acceptors (Lipinski definition) is 1. The van der Waals surface area contributed by atoms with E-state index in [9.17, 15) is 0 Å².